The van der Waals surface area contributed by atoms with Gasteiger partial charge in [-0.1, -0.05) is 6.07 Å². The number of aromatic nitrogens is 3. The minimum atomic E-state index is -0.747. The second-order valence-corrected chi connectivity index (χ2v) is 6.80. The third-order valence-corrected chi connectivity index (χ3v) is 4.42. The van der Waals surface area contributed by atoms with E-state index in [1.165, 1.54) is 25.1 Å². The third kappa shape index (κ3) is 3.52. The predicted octanol–water partition coefficient (Wildman–Crippen LogP) is 0.831. The maximum absolute atomic E-state index is 14.0. The molecule has 0 unspecified atom stereocenters. The van der Waals surface area contributed by atoms with Gasteiger partial charge < -0.3 is 20.3 Å². The standard InChI is InChI=1S/C19H17FN6O4/c1-25(2)19(29)14-6-13(24-17-11(20)8-22-26(14)17)18(28)21-7-10-3-4-15-12(5-10)23-16(27)9-30-15/h3-6,8H,7,9H2,1-2H3,(H,21,28)(H,23,27). The Morgan fingerprint density at radius 2 is 2.13 bits per heavy atom. The highest BCUT2D eigenvalue weighted by Gasteiger charge is 2.21. The number of benzene rings is 1. The molecule has 30 heavy (non-hydrogen) atoms. The van der Waals surface area contributed by atoms with Gasteiger partial charge in [-0.15, -0.1) is 0 Å². The normalized spacial score (nSPS) is 12.7. The molecule has 0 bridgehead atoms. The van der Waals surface area contributed by atoms with Crippen LogP contribution in [0.15, 0.2) is 30.5 Å². The average molecular weight is 412 g/mol. The zero-order valence-electron chi connectivity index (χ0n) is 16.1. The van der Waals surface area contributed by atoms with E-state index in [0.717, 1.165) is 10.7 Å². The lowest BCUT2D eigenvalue weighted by molar-refractivity contribution is -0.118. The molecule has 3 heterocycles. The Labute approximate surface area is 169 Å². The van der Waals surface area contributed by atoms with E-state index in [4.69, 9.17) is 4.74 Å². The highest BCUT2D eigenvalue weighted by molar-refractivity contribution is 5.98. The molecule has 0 atom stereocenters. The molecule has 0 fully saturated rings. The molecule has 11 heteroatoms. The van der Waals surface area contributed by atoms with Crippen molar-refractivity contribution in [3.63, 3.8) is 0 Å². The Morgan fingerprint density at radius 1 is 1.33 bits per heavy atom. The number of nitrogens with one attached hydrogen (secondary N) is 2. The summed E-state index contributed by atoms with van der Waals surface area (Å²) in [5.74, 6) is -1.52. The number of carbonyl (C=O) groups is 3. The van der Waals surface area contributed by atoms with Crippen LogP contribution >= 0.6 is 0 Å². The van der Waals surface area contributed by atoms with Gasteiger partial charge in [0.2, 0.25) is 0 Å². The number of hydrogen-bond donors (Lipinski definition) is 2. The first-order chi connectivity index (χ1) is 14.3. The second kappa shape index (κ2) is 7.43. The Bertz CT molecular complexity index is 1190. The maximum Gasteiger partial charge on any atom is 0.272 e. The van der Waals surface area contributed by atoms with Crippen LogP contribution in [0.2, 0.25) is 0 Å². The fraction of sp³-hybridized carbons (Fsp3) is 0.211. The van der Waals surface area contributed by atoms with Gasteiger partial charge in [-0.25, -0.2) is 13.9 Å². The zero-order chi connectivity index (χ0) is 21.4. The van der Waals surface area contributed by atoms with Crippen LogP contribution in [0.3, 0.4) is 0 Å². The van der Waals surface area contributed by atoms with Crippen LogP contribution in [0.4, 0.5) is 10.1 Å². The predicted molar refractivity (Wildman–Crippen MR) is 103 cm³/mol. The van der Waals surface area contributed by atoms with E-state index < -0.39 is 17.6 Å². The highest BCUT2D eigenvalue weighted by Crippen LogP contribution is 2.28. The molecule has 3 amide bonds. The first-order valence-electron chi connectivity index (χ1n) is 8.93. The first kappa shape index (κ1) is 19.3. The quantitative estimate of drug-likeness (QED) is 0.656. The van der Waals surface area contributed by atoms with Crippen molar-refractivity contribution in [3.8, 4) is 5.75 Å². The van der Waals surface area contributed by atoms with Crippen molar-refractivity contribution < 1.29 is 23.5 Å². The van der Waals surface area contributed by atoms with Crippen LogP contribution in [0.1, 0.15) is 26.5 Å². The summed E-state index contributed by atoms with van der Waals surface area (Å²) >= 11 is 0. The van der Waals surface area contributed by atoms with Crippen molar-refractivity contribution in [1.82, 2.24) is 24.8 Å². The molecule has 154 valence electrons. The smallest absolute Gasteiger partial charge is 0.272 e. The van der Waals surface area contributed by atoms with Crippen molar-refractivity contribution in [2.75, 3.05) is 26.0 Å². The van der Waals surface area contributed by atoms with Gasteiger partial charge in [-0.3, -0.25) is 14.4 Å². The fourth-order valence-electron chi connectivity index (χ4n) is 2.95. The summed E-state index contributed by atoms with van der Waals surface area (Å²) in [6.45, 7) is 0.0733. The summed E-state index contributed by atoms with van der Waals surface area (Å²) in [5, 5.41) is 9.18. The lowest BCUT2D eigenvalue weighted by atomic mass is 10.1. The van der Waals surface area contributed by atoms with Gasteiger partial charge >= 0.3 is 0 Å². The number of hydrogen-bond acceptors (Lipinski definition) is 6. The molecule has 2 N–H and O–H groups in total. The fourth-order valence-corrected chi connectivity index (χ4v) is 2.95. The van der Waals surface area contributed by atoms with Crippen molar-refractivity contribution in [3.05, 3.63) is 53.2 Å². The number of ether oxygens (including phenoxy) is 1. The Hall–Kier alpha value is -4.02. The second-order valence-electron chi connectivity index (χ2n) is 6.80. The molecule has 1 aromatic carbocycles. The molecule has 0 aliphatic carbocycles. The van der Waals surface area contributed by atoms with E-state index in [2.05, 4.69) is 20.7 Å². The van der Waals surface area contributed by atoms with Gasteiger partial charge in [-0.2, -0.15) is 5.10 Å². The SMILES string of the molecule is CN(C)C(=O)c1cc(C(=O)NCc2ccc3c(c2)NC(=O)CO3)nc2c(F)cnn12. The van der Waals surface area contributed by atoms with E-state index in [9.17, 15) is 18.8 Å². The lowest BCUT2D eigenvalue weighted by Gasteiger charge is -2.18. The van der Waals surface area contributed by atoms with E-state index >= 15 is 0 Å². The van der Waals surface area contributed by atoms with Crippen LogP contribution in [0.5, 0.6) is 5.75 Å². The molecule has 0 saturated heterocycles. The summed E-state index contributed by atoms with van der Waals surface area (Å²) in [6.07, 6.45) is 0.930. The monoisotopic (exact) mass is 412 g/mol. The van der Waals surface area contributed by atoms with Gasteiger partial charge in [0, 0.05) is 26.7 Å². The molecule has 1 aliphatic rings. The van der Waals surface area contributed by atoms with E-state index in [0.29, 0.717) is 17.0 Å². The average Bonchev–Trinajstić information content (AvgIpc) is 3.11. The summed E-state index contributed by atoms with van der Waals surface area (Å²) in [6, 6.07) is 6.37. The summed E-state index contributed by atoms with van der Waals surface area (Å²) in [7, 11) is 3.07. The van der Waals surface area contributed by atoms with E-state index in [1.807, 2.05) is 0 Å². The number of rotatable bonds is 4. The first-order valence-corrected chi connectivity index (χ1v) is 8.93. The van der Waals surface area contributed by atoms with Gasteiger partial charge in [0.1, 0.15) is 17.1 Å². The minimum absolute atomic E-state index is 0.00712. The number of fused-ring (bicyclic) bond motifs is 2. The minimum Gasteiger partial charge on any atom is -0.482 e. The topological polar surface area (TPSA) is 118 Å². The van der Waals surface area contributed by atoms with Gasteiger partial charge in [0.05, 0.1) is 11.9 Å². The molecule has 1 aliphatic heterocycles. The third-order valence-electron chi connectivity index (χ3n) is 4.42. The van der Waals surface area contributed by atoms with Crippen LogP contribution in [-0.2, 0) is 11.3 Å². The van der Waals surface area contributed by atoms with Crippen molar-refractivity contribution >= 4 is 29.1 Å². The number of amides is 3. The Balaban J connectivity index is 1.58. The maximum atomic E-state index is 14.0. The Morgan fingerprint density at radius 3 is 2.90 bits per heavy atom. The van der Waals surface area contributed by atoms with Crippen molar-refractivity contribution in [2.24, 2.45) is 0 Å². The molecule has 0 spiro atoms. The molecular weight excluding hydrogens is 395 g/mol. The zero-order valence-corrected chi connectivity index (χ0v) is 16.1. The van der Waals surface area contributed by atoms with Crippen LogP contribution in [0, 0.1) is 5.82 Å². The number of carbonyl (C=O) groups excluding carboxylic acids is 3. The molecule has 0 saturated carbocycles. The van der Waals surface area contributed by atoms with Crippen LogP contribution in [-0.4, -0.2) is 57.9 Å². The number of halogens is 1. The molecule has 10 nitrogen and oxygen atoms in total. The lowest BCUT2D eigenvalue weighted by Crippen LogP contribution is -2.28. The van der Waals surface area contributed by atoms with E-state index in [-0.39, 0.29) is 36.1 Å². The van der Waals surface area contributed by atoms with Crippen molar-refractivity contribution in [1.29, 1.82) is 0 Å². The molecule has 2 aromatic heterocycles. The molecule has 0 radical (unpaired) electrons. The van der Waals surface area contributed by atoms with Crippen LogP contribution < -0.4 is 15.4 Å². The molecular formula is C19H17FN6O4. The summed E-state index contributed by atoms with van der Waals surface area (Å²) in [4.78, 5) is 41.8. The summed E-state index contributed by atoms with van der Waals surface area (Å²) < 4.78 is 20.4. The van der Waals surface area contributed by atoms with Gasteiger partial charge in [0.15, 0.2) is 18.1 Å². The molecule has 3 aromatic rings. The largest absolute Gasteiger partial charge is 0.482 e. The highest BCUT2D eigenvalue weighted by atomic mass is 19.1. The van der Waals surface area contributed by atoms with Gasteiger partial charge in [-0.05, 0) is 17.7 Å². The van der Waals surface area contributed by atoms with Crippen LogP contribution in [0.25, 0.3) is 5.65 Å². The van der Waals surface area contributed by atoms with Gasteiger partial charge in [0.25, 0.3) is 17.7 Å². The molecule has 4 rings (SSSR count). The van der Waals surface area contributed by atoms with E-state index in [1.54, 1.807) is 18.2 Å². The summed E-state index contributed by atoms with van der Waals surface area (Å²) in [5.41, 5.74) is 0.878. The number of anilines is 1. The Kier molecular flexibility index (Phi) is 4.78. The van der Waals surface area contributed by atoms with Crippen molar-refractivity contribution in [2.45, 2.75) is 6.54 Å². The number of nitrogens with zero attached hydrogens (tertiary/aromatic N) is 4.